The monoisotopic (exact) mass is 431 g/mol. The van der Waals surface area contributed by atoms with Crippen LogP contribution < -0.4 is 10.1 Å². The van der Waals surface area contributed by atoms with Crippen LogP contribution >= 0.6 is 15.9 Å². The summed E-state index contributed by atoms with van der Waals surface area (Å²) < 4.78 is 7.81. The predicted octanol–water partition coefficient (Wildman–Crippen LogP) is 3.94. The van der Waals surface area contributed by atoms with Crippen LogP contribution in [0.5, 0.6) is 11.5 Å². The van der Waals surface area contributed by atoms with Crippen LogP contribution in [0.3, 0.4) is 0 Å². The number of hydrogen-bond donors (Lipinski definition) is 1. The van der Waals surface area contributed by atoms with Crippen molar-refractivity contribution in [2.24, 2.45) is 0 Å². The minimum atomic E-state index is -0.613. The van der Waals surface area contributed by atoms with E-state index in [2.05, 4.69) is 31.3 Å². The maximum absolute atomic E-state index is 12.5. The van der Waals surface area contributed by atoms with Crippen molar-refractivity contribution in [2.75, 3.05) is 5.32 Å². The van der Waals surface area contributed by atoms with Crippen LogP contribution in [0.1, 0.15) is 13.0 Å². The number of ether oxygens (including phenoxy) is 1. The first kappa shape index (κ1) is 18.5. The van der Waals surface area contributed by atoms with E-state index in [4.69, 9.17) is 4.74 Å². The molecule has 0 radical (unpaired) electrons. The Balaban J connectivity index is 1.83. The number of benzene rings is 1. The van der Waals surface area contributed by atoms with Gasteiger partial charge in [-0.3, -0.25) is 24.6 Å². The molecule has 2 heterocycles. The van der Waals surface area contributed by atoms with Crippen molar-refractivity contribution in [3.05, 3.63) is 69.7 Å². The van der Waals surface area contributed by atoms with E-state index in [-0.39, 0.29) is 23.0 Å². The lowest BCUT2D eigenvalue weighted by Crippen LogP contribution is -2.24. The molecule has 0 aliphatic carbocycles. The number of nitro groups is 1. The Hall–Kier alpha value is -3.27. The van der Waals surface area contributed by atoms with Crippen molar-refractivity contribution in [2.45, 2.75) is 13.0 Å². The number of carbonyl (C=O) groups excluding carboxylic acids is 1. The van der Waals surface area contributed by atoms with Gasteiger partial charge in [-0.25, -0.2) is 0 Å². The number of rotatable bonds is 6. The maximum atomic E-state index is 12.5. The Morgan fingerprint density at radius 1 is 1.33 bits per heavy atom. The number of pyridine rings is 1. The second kappa shape index (κ2) is 7.96. The summed E-state index contributed by atoms with van der Waals surface area (Å²) in [5.41, 5.74) is 0.0346. The maximum Gasteiger partial charge on any atom is 0.275 e. The van der Waals surface area contributed by atoms with E-state index >= 15 is 0 Å². The molecule has 0 aliphatic rings. The van der Waals surface area contributed by atoms with Gasteiger partial charge in [0.25, 0.3) is 5.69 Å². The molecular formula is C17H14BrN5O4. The van der Waals surface area contributed by atoms with Gasteiger partial charge in [0.15, 0.2) is 0 Å². The molecular weight excluding hydrogens is 418 g/mol. The Kier molecular flexibility index (Phi) is 5.46. The summed E-state index contributed by atoms with van der Waals surface area (Å²) in [7, 11) is 0. The first-order chi connectivity index (χ1) is 12.9. The van der Waals surface area contributed by atoms with Gasteiger partial charge in [0.1, 0.15) is 17.5 Å². The zero-order valence-electron chi connectivity index (χ0n) is 14.1. The van der Waals surface area contributed by atoms with Crippen LogP contribution in [0.25, 0.3) is 0 Å². The Morgan fingerprint density at radius 2 is 2.15 bits per heavy atom. The highest BCUT2D eigenvalue weighted by molar-refractivity contribution is 9.10. The van der Waals surface area contributed by atoms with Gasteiger partial charge in [-0.15, -0.1) is 0 Å². The van der Waals surface area contributed by atoms with Crippen molar-refractivity contribution in [1.82, 2.24) is 14.8 Å². The fraction of sp³-hybridized carbons (Fsp3) is 0.118. The Labute approximate surface area is 162 Å². The number of hydrogen-bond acceptors (Lipinski definition) is 6. The largest absolute Gasteiger partial charge is 0.455 e. The van der Waals surface area contributed by atoms with E-state index in [1.54, 1.807) is 37.6 Å². The molecule has 1 atom stereocenters. The van der Waals surface area contributed by atoms with Crippen molar-refractivity contribution in [3.8, 4) is 11.5 Å². The number of carbonyl (C=O) groups is 1. The fourth-order valence-corrected chi connectivity index (χ4v) is 2.56. The summed E-state index contributed by atoms with van der Waals surface area (Å²) in [6.07, 6.45) is 6.29. The van der Waals surface area contributed by atoms with Crippen molar-refractivity contribution >= 4 is 33.2 Å². The van der Waals surface area contributed by atoms with Gasteiger partial charge in [-0.2, -0.15) is 5.10 Å². The lowest BCUT2D eigenvalue weighted by Gasteiger charge is -2.13. The number of non-ortho nitro benzene ring substituents is 1. The summed E-state index contributed by atoms with van der Waals surface area (Å²) in [6.45, 7) is 1.67. The minimum Gasteiger partial charge on any atom is -0.455 e. The highest BCUT2D eigenvalue weighted by Gasteiger charge is 2.18. The van der Waals surface area contributed by atoms with E-state index < -0.39 is 11.0 Å². The number of nitrogens with zero attached hydrogens (tertiary/aromatic N) is 4. The molecule has 1 N–H and O–H groups in total. The summed E-state index contributed by atoms with van der Waals surface area (Å²) in [6, 6.07) is 6.78. The number of halogens is 1. The number of aromatic nitrogens is 3. The molecule has 0 aliphatic heterocycles. The average molecular weight is 432 g/mol. The lowest BCUT2D eigenvalue weighted by atomic mass is 10.2. The smallest absolute Gasteiger partial charge is 0.275 e. The second-order valence-electron chi connectivity index (χ2n) is 5.57. The van der Waals surface area contributed by atoms with Crippen LogP contribution in [0.4, 0.5) is 11.4 Å². The quantitative estimate of drug-likeness (QED) is 0.467. The zero-order chi connectivity index (χ0) is 19.4. The van der Waals surface area contributed by atoms with Crippen LogP contribution in [-0.4, -0.2) is 25.6 Å². The fourth-order valence-electron chi connectivity index (χ4n) is 2.26. The standard InChI is InChI=1S/C17H14BrN5O4/c1-11(22-10-12(18)8-20-22)17(24)21-13-5-14(23(25)26)7-16(6-13)27-15-3-2-4-19-9-15/h2-11H,1H3,(H,21,24). The molecule has 0 spiro atoms. The van der Waals surface area contributed by atoms with E-state index in [9.17, 15) is 14.9 Å². The molecule has 138 valence electrons. The van der Waals surface area contributed by atoms with Gasteiger partial charge < -0.3 is 10.1 Å². The van der Waals surface area contributed by atoms with Gasteiger partial charge in [-0.1, -0.05) is 0 Å². The average Bonchev–Trinajstić information content (AvgIpc) is 3.08. The first-order valence-electron chi connectivity index (χ1n) is 7.80. The molecule has 3 rings (SSSR count). The van der Waals surface area contributed by atoms with Gasteiger partial charge >= 0.3 is 0 Å². The number of nitrogens with one attached hydrogen (secondary N) is 1. The normalized spacial score (nSPS) is 11.6. The molecule has 3 aromatic rings. The summed E-state index contributed by atoms with van der Waals surface area (Å²) in [5.74, 6) is 0.255. The topological polar surface area (TPSA) is 112 Å². The SMILES string of the molecule is CC(C(=O)Nc1cc(Oc2cccnc2)cc([N+](=O)[O-])c1)n1cc(Br)cn1. The second-order valence-corrected chi connectivity index (χ2v) is 6.48. The number of nitro benzene ring substituents is 1. The third-order valence-corrected chi connectivity index (χ3v) is 4.00. The van der Waals surface area contributed by atoms with Crippen LogP contribution in [-0.2, 0) is 4.79 Å². The van der Waals surface area contributed by atoms with E-state index in [0.29, 0.717) is 5.75 Å². The molecule has 2 aromatic heterocycles. The molecule has 1 aromatic carbocycles. The third kappa shape index (κ3) is 4.67. The summed E-state index contributed by atoms with van der Waals surface area (Å²) in [4.78, 5) is 27.0. The van der Waals surface area contributed by atoms with Gasteiger partial charge in [0.2, 0.25) is 5.91 Å². The van der Waals surface area contributed by atoms with Crippen molar-refractivity contribution < 1.29 is 14.5 Å². The molecule has 0 saturated heterocycles. The molecule has 0 saturated carbocycles. The molecule has 27 heavy (non-hydrogen) atoms. The van der Waals surface area contributed by atoms with E-state index in [1.165, 1.54) is 29.1 Å². The highest BCUT2D eigenvalue weighted by Crippen LogP contribution is 2.29. The van der Waals surface area contributed by atoms with E-state index in [1.807, 2.05) is 0 Å². The van der Waals surface area contributed by atoms with Crippen molar-refractivity contribution in [1.29, 1.82) is 0 Å². The molecule has 9 nitrogen and oxygen atoms in total. The van der Waals surface area contributed by atoms with Gasteiger partial charge in [0, 0.05) is 24.5 Å². The van der Waals surface area contributed by atoms with Crippen LogP contribution in [0.2, 0.25) is 0 Å². The third-order valence-electron chi connectivity index (χ3n) is 3.59. The Bertz CT molecular complexity index is 976. The molecule has 1 unspecified atom stereocenters. The number of amides is 1. The predicted molar refractivity (Wildman–Crippen MR) is 101 cm³/mol. The summed E-state index contributed by atoms with van der Waals surface area (Å²) >= 11 is 3.27. The highest BCUT2D eigenvalue weighted by atomic mass is 79.9. The Morgan fingerprint density at radius 3 is 2.78 bits per heavy atom. The summed E-state index contributed by atoms with van der Waals surface area (Å²) in [5, 5.41) is 17.9. The van der Waals surface area contributed by atoms with E-state index in [0.717, 1.165) is 4.47 Å². The first-order valence-corrected chi connectivity index (χ1v) is 8.59. The van der Waals surface area contributed by atoms with Gasteiger partial charge in [-0.05, 0) is 35.0 Å². The lowest BCUT2D eigenvalue weighted by molar-refractivity contribution is -0.384. The molecule has 1 amide bonds. The molecule has 10 heteroatoms. The molecule has 0 bridgehead atoms. The minimum absolute atomic E-state index is 0.207. The van der Waals surface area contributed by atoms with Crippen LogP contribution in [0, 0.1) is 10.1 Å². The van der Waals surface area contributed by atoms with Gasteiger partial charge in [0.05, 0.1) is 33.5 Å². The molecule has 0 fully saturated rings. The number of anilines is 1. The van der Waals surface area contributed by atoms with Crippen molar-refractivity contribution in [3.63, 3.8) is 0 Å². The van der Waals surface area contributed by atoms with Crippen LogP contribution in [0.15, 0.2) is 59.6 Å². The zero-order valence-corrected chi connectivity index (χ0v) is 15.7.